The minimum Gasteiger partial charge on any atom is -0.478 e. The van der Waals surface area contributed by atoms with Gasteiger partial charge in [0.1, 0.15) is 5.75 Å². The Morgan fingerprint density at radius 1 is 0.875 bits per heavy atom. The number of benzene rings is 2. The second kappa shape index (κ2) is 7.61. The predicted molar refractivity (Wildman–Crippen MR) is 93.0 cm³/mol. The zero-order chi connectivity index (χ0) is 24.2. The number of carbonyl (C=O) groups is 1. The normalized spacial score (nSPS) is 16.8. The van der Waals surface area contributed by atoms with Gasteiger partial charge in [-0.1, -0.05) is 11.6 Å². The minimum absolute atomic E-state index is 0.150. The number of alkyl halides is 9. The van der Waals surface area contributed by atoms with Gasteiger partial charge in [0.05, 0.1) is 16.7 Å². The molecule has 0 amide bonds. The first kappa shape index (κ1) is 23.8. The van der Waals surface area contributed by atoms with Crippen molar-refractivity contribution in [2.24, 2.45) is 0 Å². The summed E-state index contributed by atoms with van der Waals surface area (Å²) in [5.74, 6) is -2.76. The standard InChI is InChI=1S/C19H8ClF9O3/c20-11-3-8-4-13(16(30)31)15(19(27,28)29)32-14(8)12(6-11)7-1-9(17(21,22)23)5-10(2-7)18(24,25)26/h1-6,15H,(H,30,31). The fourth-order valence-electron chi connectivity index (χ4n) is 3.02. The molecule has 1 unspecified atom stereocenters. The molecular formula is C19H8ClF9O3. The number of halogens is 10. The molecule has 1 N–H and O–H groups in total. The van der Waals surface area contributed by atoms with Crippen LogP contribution in [0.1, 0.15) is 16.7 Å². The summed E-state index contributed by atoms with van der Waals surface area (Å²) in [6, 6.07) is 2.23. The molecule has 2 aromatic rings. The maximum Gasteiger partial charge on any atom is 0.430 e. The summed E-state index contributed by atoms with van der Waals surface area (Å²) in [5, 5.41) is 8.78. The van der Waals surface area contributed by atoms with Gasteiger partial charge in [-0.2, -0.15) is 39.5 Å². The van der Waals surface area contributed by atoms with E-state index in [1.54, 1.807) is 0 Å². The van der Waals surface area contributed by atoms with Crippen molar-refractivity contribution in [2.45, 2.75) is 24.6 Å². The van der Waals surface area contributed by atoms with Crippen LogP contribution in [0.15, 0.2) is 35.9 Å². The average Bonchev–Trinajstić information content (AvgIpc) is 2.63. The molecule has 0 aliphatic carbocycles. The topological polar surface area (TPSA) is 46.5 Å². The molecule has 2 aromatic carbocycles. The number of rotatable bonds is 2. The summed E-state index contributed by atoms with van der Waals surface area (Å²) >= 11 is 5.85. The van der Waals surface area contributed by atoms with Gasteiger partial charge >= 0.3 is 24.5 Å². The molecule has 0 radical (unpaired) electrons. The summed E-state index contributed by atoms with van der Waals surface area (Å²) in [5.41, 5.74) is -6.41. The summed E-state index contributed by atoms with van der Waals surface area (Å²) in [4.78, 5) is 11.2. The van der Waals surface area contributed by atoms with Crippen LogP contribution in [0.5, 0.6) is 5.75 Å². The van der Waals surface area contributed by atoms with Gasteiger partial charge in [-0.25, -0.2) is 4.79 Å². The van der Waals surface area contributed by atoms with E-state index in [4.69, 9.17) is 21.4 Å². The van der Waals surface area contributed by atoms with Crippen LogP contribution in [0.4, 0.5) is 39.5 Å². The van der Waals surface area contributed by atoms with Crippen LogP contribution in [0.25, 0.3) is 17.2 Å². The van der Waals surface area contributed by atoms with Crippen LogP contribution in [-0.2, 0) is 17.1 Å². The van der Waals surface area contributed by atoms with Crippen LogP contribution in [0.3, 0.4) is 0 Å². The molecule has 0 saturated carbocycles. The van der Waals surface area contributed by atoms with E-state index in [-0.39, 0.29) is 16.7 Å². The van der Waals surface area contributed by atoms with Crippen molar-refractivity contribution in [2.75, 3.05) is 0 Å². The highest BCUT2D eigenvalue weighted by atomic mass is 35.5. The molecule has 1 aliphatic rings. The average molecular weight is 491 g/mol. The van der Waals surface area contributed by atoms with Crippen molar-refractivity contribution in [3.8, 4) is 16.9 Å². The molecule has 1 aliphatic heterocycles. The highest BCUT2D eigenvalue weighted by molar-refractivity contribution is 6.31. The monoisotopic (exact) mass is 490 g/mol. The molecule has 3 nitrogen and oxygen atoms in total. The Bertz CT molecular complexity index is 1080. The third-order valence-electron chi connectivity index (χ3n) is 4.35. The van der Waals surface area contributed by atoms with E-state index in [0.717, 1.165) is 12.1 Å². The van der Waals surface area contributed by atoms with E-state index in [9.17, 15) is 44.3 Å². The first-order chi connectivity index (χ1) is 14.5. The predicted octanol–water partition coefficient (Wildman–Crippen LogP) is 6.84. The van der Waals surface area contributed by atoms with E-state index < -0.39 is 64.2 Å². The molecule has 172 valence electrons. The van der Waals surface area contributed by atoms with Crippen molar-refractivity contribution < 1.29 is 54.2 Å². The molecule has 3 rings (SSSR count). The molecule has 1 heterocycles. The van der Waals surface area contributed by atoms with Crippen LogP contribution in [0, 0.1) is 0 Å². The molecular weight excluding hydrogens is 483 g/mol. The molecule has 32 heavy (non-hydrogen) atoms. The van der Waals surface area contributed by atoms with E-state index in [1.165, 1.54) is 0 Å². The van der Waals surface area contributed by atoms with Crippen LogP contribution in [0.2, 0.25) is 5.02 Å². The van der Waals surface area contributed by atoms with Crippen molar-refractivity contribution in [3.05, 3.63) is 57.6 Å². The van der Waals surface area contributed by atoms with Crippen molar-refractivity contribution >= 4 is 23.6 Å². The Hall–Kier alpha value is -2.89. The number of hydrogen-bond donors (Lipinski definition) is 1. The first-order valence-electron chi connectivity index (χ1n) is 8.30. The number of aliphatic carboxylic acids is 1. The number of carboxylic acids is 1. The van der Waals surface area contributed by atoms with Gasteiger partial charge in [-0.15, -0.1) is 0 Å². The zero-order valence-electron chi connectivity index (χ0n) is 15.1. The summed E-state index contributed by atoms with van der Waals surface area (Å²) < 4.78 is 124. The van der Waals surface area contributed by atoms with Crippen LogP contribution in [-0.4, -0.2) is 23.4 Å². The van der Waals surface area contributed by atoms with Gasteiger partial charge in [-0.3, -0.25) is 0 Å². The molecule has 0 fully saturated rings. The highest BCUT2D eigenvalue weighted by Crippen LogP contribution is 2.46. The van der Waals surface area contributed by atoms with Crippen LogP contribution < -0.4 is 4.74 Å². The molecule has 0 saturated heterocycles. The van der Waals surface area contributed by atoms with Crippen LogP contribution >= 0.6 is 11.6 Å². The number of ether oxygens (including phenoxy) is 1. The Morgan fingerprint density at radius 3 is 1.84 bits per heavy atom. The van der Waals surface area contributed by atoms with Gasteiger partial charge in [0.15, 0.2) is 0 Å². The Kier molecular flexibility index (Phi) is 5.65. The quantitative estimate of drug-likeness (QED) is 0.469. The van der Waals surface area contributed by atoms with Gasteiger partial charge in [0.25, 0.3) is 0 Å². The van der Waals surface area contributed by atoms with E-state index in [2.05, 4.69) is 0 Å². The molecule has 0 aromatic heterocycles. The summed E-state index contributed by atoms with van der Waals surface area (Å²) in [7, 11) is 0. The third kappa shape index (κ3) is 4.64. The minimum atomic E-state index is -5.25. The maximum absolute atomic E-state index is 13.3. The molecule has 13 heteroatoms. The Balaban J connectivity index is 2.32. The largest absolute Gasteiger partial charge is 0.478 e. The third-order valence-corrected chi connectivity index (χ3v) is 4.57. The van der Waals surface area contributed by atoms with Crippen molar-refractivity contribution in [3.63, 3.8) is 0 Å². The molecule has 1 atom stereocenters. The van der Waals surface area contributed by atoms with Crippen molar-refractivity contribution in [1.29, 1.82) is 0 Å². The zero-order valence-corrected chi connectivity index (χ0v) is 15.8. The number of hydrogen-bond acceptors (Lipinski definition) is 2. The Morgan fingerprint density at radius 2 is 1.41 bits per heavy atom. The SMILES string of the molecule is O=C(O)C1=Cc2cc(Cl)cc(-c3cc(C(F)(F)F)cc(C(F)(F)F)c3)c2OC1C(F)(F)F. The number of fused-ring (bicyclic) bond motifs is 1. The lowest BCUT2D eigenvalue weighted by Gasteiger charge is -2.29. The van der Waals surface area contributed by atoms with Gasteiger partial charge in [0, 0.05) is 16.1 Å². The lowest BCUT2D eigenvalue weighted by molar-refractivity contribution is -0.187. The highest BCUT2D eigenvalue weighted by Gasteiger charge is 2.49. The molecule has 0 spiro atoms. The molecule has 0 bridgehead atoms. The second-order valence-electron chi connectivity index (χ2n) is 6.61. The fraction of sp³-hybridized carbons (Fsp3) is 0.211. The fourth-order valence-corrected chi connectivity index (χ4v) is 3.25. The first-order valence-corrected chi connectivity index (χ1v) is 8.68. The summed E-state index contributed by atoms with van der Waals surface area (Å²) in [6.07, 6.45) is -18.1. The van der Waals surface area contributed by atoms with Gasteiger partial charge < -0.3 is 9.84 Å². The Labute approximate surface area is 177 Å². The van der Waals surface area contributed by atoms with E-state index in [0.29, 0.717) is 18.2 Å². The number of carboxylic acid groups (broad SMARTS) is 1. The lowest BCUT2D eigenvalue weighted by Crippen LogP contribution is -2.40. The van der Waals surface area contributed by atoms with E-state index >= 15 is 0 Å². The van der Waals surface area contributed by atoms with Gasteiger partial charge in [-0.05, 0) is 42.0 Å². The lowest BCUT2D eigenvalue weighted by atomic mass is 9.93. The van der Waals surface area contributed by atoms with E-state index in [1.807, 2.05) is 0 Å². The second-order valence-corrected chi connectivity index (χ2v) is 7.05. The van der Waals surface area contributed by atoms with Crippen molar-refractivity contribution in [1.82, 2.24) is 0 Å². The summed E-state index contributed by atoms with van der Waals surface area (Å²) in [6.45, 7) is 0. The van der Waals surface area contributed by atoms with Gasteiger partial charge in [0.2, 0.25) is 6.10 Å². The maximum atomic E-state index is 13.3. The smallest absolute Gasteiger partial charge is 0.430 e.